The smallest absolute Gasteiger partial charge is 0.272 e. The van der Waals surface area contributed by atoms with E-state index in [1.165, 1.54) is 11.1 Å². The number of hydrogen-bond donors (Lipinski definition) is 1. The average Bonchev–Trinajstić information content (AvgIpc) is 2.72. The number of anilines is 1. The number of nitrogens with one attached hydrogen (secondary N) is 1. The molecule has 1 aliphatic heterocycles. The molecule has 0 unspecified atom stereocenters. The van der Waals surface area contributed by atoms with E-state index < -0.39 is 0 Å². The van der Waals surface area contributed by atoms with Gasteiger partial charge in [0.05, 0.1) is 12.2 Å². The number of amides is 1. The summed E-state index contributed by atoms with van der Waals surface area (Å²) in [5.41, 5.74) is 3.81. The zero-order valence-corrected chi connectivity index (χ0v) is 14.3. The van der Waals surface area contributed by atoms with E-state index in [0.717, 1.165) is 12.1 Å². The van der Waals surface area contributed by atoms with Crippen molar-refractivity contribution in [2.45, 2.75) is 19.5 Å². The van der Waals surface area contributed by atoms with Crippen LogP contribution in [0.3, 0.4) is 0 Å². The van der Waals surface area contributed by atoms with E-state index >= 15 is 0 Å². The third-order valence-corrected chi connectivity index (χ3v) is 4.45. The van der Waals surface area contributed by atoms with Crippen molar-refractivity contribution >= 4 is 11.9 Å². The van der Waals surface area contributed by atoms with Crippen molar-refractivity contribution in [1.82, 2.24) is 19.9 Å². The minimum Gasteiger partial charge on any atom is -0.349 e. The summed E-state index contributed by atoms with van der Waals surface area (Å²) < 4.78 is 0. The number of carbonyl (C=O) groups excluding carboxylic acids is 1. The van der Waals surface area contributed by atoms with Gasteiger partial charge in [0, 0.05) is 25.5 Å². The topological polar surface area (TPSA) is 71.0 Å². The fourth-order valence-electron chi connectivity index (χ4n) is 3.07. The van der Waals surface area contributed by atoms with Gasteiger partial charge < -0.3 is 10.2 Å². The summed E-state index contributed by atoms with van der Waals surface area (Å²) in [5, 5.41) is 3.12. The highest BCUT2D eigenvalue weighted by Gasteiger charge is 2.22. The second kappa shape index (κ2) is 7.31. The van der Waals surface area contributed by atoms with Crippen LogP contribution in [0.25, 0.3) is 0 Å². The first-order valence-electron chi connectivity index (χ1n) is 8.62. The number of carbonyl (C=O) groups is 1. The third-order valence-electron chi connectivity index (χ3n) is 4.45. The quantitative estimate of drug-likeness (QED) is 0.787. The summed E-state index contributed by atoms with van der Waals surface area (Å²) in [7, 11) is 0. The molecule has 3 heterocycles. The van der Waals surface area contributed by atoms with Crippen LogP contribution in [-0.4, -0.2) is 32.3 Å². The monoisotopic (exact) mass is 345 g/mol. The molecule has 4 rings (SSSR count). The van der Waals surface area contributed by atoms with Crippen LogP contribution in [0.2, 0.25) is 0 Å². The lowest BCUT2D eigenvalue weighted by Crippen LogP contribution is -2.36. The average molecular weight is 345 g/mol. The number of hydrogen-bond acceptors (Lipinski definition) is 5. The first kappa shape index (κ1) is 16.2. The van der Waals surface area contributed by atoms with E-state index in [1.807, 2.05) is 35.2 Å². The summed E-state index contributed by atoms with van der Waals surface area (Å²) in [6.07, 6.45) is 4.22. The molecule has 0 aliphatic carbocycles. The summed E-state index contributed by atoms with van der Waals surface area (Å²) in [4.78, 5) is 27.5. The predicted molar refractivity (Wildman–Crippen MR) is 98.5 cm³/mol. The Morgan fingerprint density at radius 2 is 1.85 bits per heavy atom. The van der Waals surface area contributed by atoms with Crippen molar-refractivity contribution in [2.24, 2.45) is 0 Å². The fourth-order valence-corrected chi connectivity index (χ4v) is 3.07. The number of fused-ring (bicyclic) bond motifs is 1. The molecule has 26 heavy (non-hydrogen) atoms. The van der Waals surface area contributed by atoms with Gasteiger partial charge in [0.2, 0.25) is 5.95 Å². The molecule has 0 spiro atoms. The highest BCUT2D eigenvalue weighted by atomic mass is 16.2. The zero-order valence-electron chi connectivity index (χ0n) is 14.3. The molecule has 0 fully saturated rings. The summed E-state index contributed by atoms with van der Waals surface area (Å²) in [5.74, 6) is 0.363. The first-order valence-corrected chi connectivity index (χ1v) is 8.62. The lowest BCUT2D eigenvalue weighted by atomic mass is 10.00. The van der Waals surface area contributed by atoms with Gasteiger partial charge in [-0.25, -0.2) is 9.97 Å². The van der Waals surface area contributed by atoms with Crippen LogP contribution < -0.4 is 5.32 Å². The Balaban J connectivity index is 1.45. The highest BCUT2D eigenvalue weighted by Crippen LogP contribution is 2.20. The molecule has 0 radical (unpaired) electrons. The van der Waals surface area contributed by atoms with Crippen LogP contribution in [0.5, 0.6) is 0 Å². The molecule has 1 amide bonds. The lowest BCUT2D eigenvalue weighted by Gasteiger charge is -2.28. The standard InChI is InChI=1S/C20H19N5O/c26-19(25-12-9-15-5-1-2-6-16(15)14-25)18-8-11-22-20(24-18)23-13-17-7-3-4-10-21-17/h1-8,10-11H,9,12-14H2,(H,22,23,24). The van der Waals surface area contributed by atoms with E-state index in [-0.39, 0.29) is 5.91 Å². The maximum Gasteiger partial charge on any atom is 0.272 e. The van der Waals surface area contributed by atoms with Crippen LogP contribution in [0.4, 0.5) is 5.95 Å². The van der Waals surface area contributed by atoms with Gasteiger partial charge in [0.1, 0.15) is 5.69 Å². The van der Waals surface area contributed by atoms with Crippen molar-refractivity contribution in [3.05, 3.63) is 83.4 Å². The van der Waals surface area contributed by atoms with Crippen LogP contribution in [0.15, 0.2) is 60.9 Å². The maximum atomic E-state index is 12.8. The highest BCUT2D eigenvalue weighted by molar-refractivity contribution is 5.92. The zero-order chi connectivity index (χ0) is 17.8. The molecule has 2 aromatic heterocycles. The van der Waals surface area contributed by atoms with Crippen LogP contribution >= 0.6 is 0 Å². The van der Waals surface area contributed by atoms with Crippen molar-refractivity contribution in [3.63, 3.8) is 0 Å². The number of nitrogens with zero attached hydrogens (tertiary/aromatic N) is 4. The van der Waals surface area contributed by atoms with Crippen LogP contribution in [-0.2, 0) is 19.5 Å². The van der Waals surface area contributed by atoms with Gasteiger partial charge in [-0.15, -0.1) is 0 Å². The molecule has 0 atom stereocenters. The molecule has 0 bridgehead atoms. The molecule has 3 aromatic rings. The molecule has 130 valence electrons. The van der Waals surface area contributed by atoms with Crippen LogP contribution in [0.1, 0.15) is 27.3 Å². The minimum atomic E-state index is -0.0669. The second-order valence-corrected chi connectivity index (χ2v) is 6.19. The van der Waals surface area contributed by atoms with E-state index in [2.05, 4.69) is 32.4 Å². The number of benzene rings is 1. The summed E-state index contributed by atoms with van der Waals surface area (Å²) in [6.45, 7) is 1.84. The Morgan fingerprint density at radius 1 is 1.00 bits per heavy atom. The Labute approximate surface area is 151 Å². The van der Waals surface area contributed by atoms with Crippen molar-refractivity contribution in [3.8, 4) is 0 Å². The van der Waals surface area contributed by atoms with Crippen molar-refractivity contribution in [1.29, 1.82) is 0 Å². The number of rotatable bonds is 4. The van der Waals surface area contributed by atoms with Gasteiger partial charge in [-0.3, -0.25) is 9.78 Å². The van der Waals surface area contributed by atoms with Crippen molar-refractivity contribution < 1.29 is 4.79 Å². The van der Waals surface area contributed by atoms with E-state index in [9.17, 15) is 4.79 Å². The molecule has 6 nitrogen and oxygen atoms in total. The first-order chi connectivity index (χ1) is 12.8. The molecular weight excluding hydrogens is 326 g/mol. The Hall–Kier alpha value is -3.28. The molecule has 6 heteroatoms. The lowest BCUT2D eigenvalue weighted by molar-refractivity contribution is 0.0728. The SMILES string of the molecule is O=C(c1ccnc(NCc2ccccn2)n1)N1CCc2ccccc2C1. The van der Waals surface area contributed by atoms with Gasteiger partial charge in [-0.05, 0) is 35.7 Å². The summed E-state index contributed by atoms with van der Waals surface area (Å²) >= 11 is 0. The molecule has 0 saturated carbocycles. The van der Waals surface area contributed by atoms with Gasteiger partial charge >= 0.3 is 0 Å². The summed E-state index contributed by atoms with van der Waals surface area (Å²) in [6, 6.07) is 15.6. The molecule has 0 saturated heterocycles. The predicted octanol–water partition coefficient (Wildman–Crippen LogP) is 2.68. The van der Waals surface area contributed by atoms with Gasteiger partial charge in [-0.2, -0.15) is 0 Å². The Morgan fingerprint density at radius 3 is 2.69 bits per heavy atom. The fraction of sp³-hybridized carbons (Fsp3) is 0.200. The van der Waals surface area contributed by atoms with E-state index in [0.29, 0.717) is 31.3 Å². The van der Waals surface area contributed by atoms with Crippen molar-refractivity contribution in [2.75, 3.05) is 11.9 Å². The number of pyridine rings is 1. The van der Waals surface area contributed by atoms with Gasteiger partial charge in [0.15, 0.2) is 0 Å². The Bertz CT molecular complexity index is 913. The van der Waals surface area contributed by atoms with E-state index in [1.54, 1.807) is 18.5 Å². The largest absolute Gasteiger partial charge is 0.349 e. The van der Waals surface area contributed by atoms with Gasteiger partial charge in [-0.1, -0.05) is 30.3 Å². The maximum absolute atomic E-state index is 12.8. The molecular formula is C20H19N5O. The van der Waals surface area contributed by atoms with Gasteiger partial charge in [0.25, 0.3) is 5.91 Å². The number of aromatic nitrogens is 3. The Kier molecular flexibility index (Phi) is 4.55. The van der Waals surface area contributed by atoms with E-state index in [4.69, 9.17) is 0 Å². The van der Waals surface area contributed by atoms with Crippen LogP contribution in [0, 0.1) is 0 Å². The minimum absolute atomic E-state index is 0.0669. The second-order valence-electron chi connectivity index (χ2n) is 6.19. The molecule has 1 aromatic carbocycles. The molecule has 1 N–H and O–H groups in total. The molecule has 1 aliphatic rings. The third kappa shape index (κ3) is 3.54. The normalized spacial score (nSPS) is 13.2.